The van der Waals surface area contributed by atoms with E-state index in [-0.39, 0.29) is 23.4 Å². The van der Waals surface area contributed by atoms with Crippen molar-refractivity contribution in [2.45, 2.75) is 6.54 Å². The van der Waals surface area contributed by atoms with Crippen molar-refractivity contribution in [1.29, 1.82) is 0 Å². The molecule has 0 bridgehead atoms. The molecule has 7 nitrogen and oxygen atoms in total. The molecular formula is C21H18F2N4O3. The second kappa shape index (κ2) is 7.68. The number of benzene rings is 2. The summed E-state index contributed by atoms with van der Waals surface area (Å²) in [4.78, 5) is 27.6. The van der Waals surface area contributed by atoms with Crippen molar-refractivity contribution in [3.63, 3.8) is 0 Å². The SMILES string of the molecule is COCCn1c(=O)n(C)c2cnc3ccc(-c4cc(F)c(NC=O)cc4F)cc3c21. The van der Waals surface area contributed by atoms with Gasteiger partial charge in [-0.3, -0.25) is 18.9 Å². The zero-order chi connectivity index (χ0) is 21.4. The van der Waals surface area contributed by atoms with E-state index in [4.69, 9.17) is 4.74 Å². The van der Waals surface area contributed by atoms with Gasteiger partial charge < -0.3 is 10.1 Å². The first-order valence-electron chi connectivity index (χ1n) is 9.12. The van der Waals surface area contributed by atoms with Gasteiger partial charge in [0.15, 0.2) is 0 Å². The van der Waals surface area contributed by atoms with Crippen LogP contribution in [-0.2, 0) is 23.1 Å². The highest BCUT2D eigenvalue weighted by Crippen LogP contribution is 2.32. The summed E-state index contributed by atoms with van der Waals surface area (Å²) in [5.41, 5.74) is 1.87. The number of nitrogens with one attached hydrogen (secondary N) is 1. The summed E-state index contributed by atoms with van der Waals surface area (Å²) in [6.07, 6.45) is 1.90. The van der Waals surface area contributed by atoms with Crippen LogP contribution in [0, 0.1) is 11.6 Å². The van der Waals surface area contributed by atoms with Crippen LogP contribution in [0.2, 0.25) is 0 Å². The van der Waals surface area contributed by atoms with Gasteiger partial charge in [0.1, 0.15) is 11.6 Å². The highest BCUT2D eigenvalue weighted by atomic mass is 19.1. The maximum atomic E-state index is 14.7. The van der Waals surface area contributed by atoms with E-state index >= 15 is 0 Å². The van der Waals surface area contributed by atoms with Crippen molar-refractivity contribution < 1.29 is 18.3 Å². The Kier molecular flexibility index (Phi) is 5.04. The molecule has 154 valence electrons. The van der Waals surface area contributed by atoms with Crippen LogP contribution in [0.15, 0.2) is 41.3 Å². The third-order valence-electron chi connectivity index (χ3n) is 5.07. The highest BCUT2D eigenvalue weighted by molar-refractivity contribution is 6.04. The van der Waals surface area contributed by atoms with Gasteiger partial charge in [-0.1, -0.05) is 6.07 Å². The number of carbonyl (C=O) groups excluding carboxylic acids is 1. The van der Waals surface area contributed by atoms with Crippen molar-refractivity contribution in [2.75, 3.05) is 19.0 Å². The molecule has 4 aromatic rings. The minimum absolute atomic E-state index is 0.0320. The fourth-order valence-electron chi connectivity index (χ4n) is 3.58. The van der Waals surface area contributed by atoms with E-state index in [1.54, 1.807) is 43.1 Å². The lowest BCUT2D eigenvalue weighted by Crippen LogP contribution is -2.23. The van der Waals surface area contributed by atoms with Crippen molar-refractivity contribution in [3.05, 3.63) is 58.6 Å². The van der Waals surface area contributed by atoms with E-state index in [0.717, 1.165) is 12.1 Å². The van der Waals surface area contributed by atoms with E-state index in [1.165, 1.54) is 4.57 Å². The summed E-state index contributed by atoms with van der Waals surface area (Å²) in [6.45, 7) is 0.679. The van der Waals surface area contributed by atoms with Gasteiger partial charge in [-0.2, -0.15) is 0 Å². The quantitative estimate of drug-likeness (QED) is 0.494. The molecule has 0 fully saturated rings. The number of fused-ring (bicyclic) bond motifs is 3. The van der Waals surface area contributed by atoms with E-state index < -0.39 is 11.6 Å². The molecular weight excluding hydrogens is 394 g/mol. The Hall–Kier alpha value is -3.59. The molecule has 0 radical (unpaired) electrons. The zero-order valence-corrected chi connectivity index (χ0v) is 16.3. The Morgan fingerprint density at radius 1 is 1.20 bits per heavy atom. The van der Waals surface area contributed by atoms with Crippen molar-refractivity contribution in [3.8, 4) is 11.1 Å². The Balaban J connectivity index is 1.97. The number of nitrogens with zero attached hydrogens (tertiary/aromatic N) is 3. The van der Waals surface area contributed by atoms with Gasteiger partial charge in [0.05, 0.1) is 41.6 Å². The molecule has 0 saturated heterocycles. The predicted molar refractivity (Wildman–Crippen MR) is 109 cm³/mol. The van der Waals surface area contributed by atoms with Gasteiger partial charge in [0, 0.05) is 31.2 Å². The highest BCUT2D eigenvalue weighted by Gasteiger charge is 2.17. The number of anilines is 1. The molecule has 4 rings (SSSR count). The number of aromatic nitrogens is 3. The van der Waals surface area contributed by atoms with Crippen LogP contribution in [0.5, 0.6) is 0 Å². The van der Waals surface area contributed by atoms with Gasteiger partial charge in [-0.25, -0.2) is 13.6 Å². The summed E-state index contributed by atoms with van der Waals surface area (Å²) in [5, 5.41) is 2.76. The van der Waals surface area contributed by atoms with Gasteiger partial charge in [-0.15, -0.1) is 0 Å². The molecule has 1 N–H and O–H groups in total. The molecule has 2 aromatic carbocycles. The minimum atomic E-state index is -0.758. The number of rotatable bonds is 6. The second-order valence-electron chi connectivity index (χ2n) is 6.78. The van der Waals surface area contributed by atoms with E-state index in [1.807, 2.05) is 0 Å². The van der Waals surface area contributed by atoms with Gasteiger partial charge in [-0.05, 0) is 23.8 Å². The average molecular weight is 412 g/mol. The minimum Gasteiger partial charge on any atom is -0.383 e. The number of amides is 1. The van der Waals surface area contributed by atoms with Crippen LogP contribution < -0.4 is 11.0 Å². The Morgan fingerprint density at radius 2 is 2.00 bits per heavy atom. The second-order valence-corrected chi connectivity index (χ2v) is 6.78. The summed E-state index contributed by atoms with van der Waals surface area (Å²) >= 11 is 0. The fourth-order valence-corrected chi connectivity index (χ4v) is 3.58. The molecule has 0 saturated carbocycles. The standard InChI is InChI=1S/C21H18F2N4O3/c1-26-19-10-24-17-4-3-12(13-8-16(23)18(25-11-28)9-15(13)22)7-14(17)20(19)27(21(26)29)5-6-30-2/h3-4,7-11H,5-6H2,1-2H3,(H,25,28). The van der Waals surface area contributed by atoms with Crippen molar-refractivity contribution >= 4 is 34.0 Å². The monoisotopic (exact) mass is 412 g/mol. The molecule has 2 aromatic heterocycles. The third kappa shape index (κ3) is 3.13. The lowest BCUT2D eigenvalue weighted by Gasteiger charge is -2.10. The number of pyridine rings is 1. The third-order valence-corrected chi connectivity index (χ3v) is 5.07. The molecule has 9 heteroatoms. The van der Waals surface area contributed by atoms with Crippen LogP contribution in [0.25, 0.3) is 33.1 Å². The summed E-state index contributed by atoms with van der Waals surface area (Å²) in [7, 11) is 3.20. The van der Waals surface area contributed by atoms with Crippen LogP contribution in [-0.4, -0.2) is 34.2 Å². The van der Waals surface area contributed by atoms with Crippen molar-refractivity contribution in [2.24, 2.45) is 7.05 Å². The summed E-state index contributed by atoms with van der Waals surface area (Å²) in [6, 6.07) is 6.96. The van der Waals surface area contributed by atoms with Gasteiger partial charge >= 0.3 is 5.69 Å². The van der Waals surface area contributed by atoms with Crippen molar-refractivity contribution in [1.82, 2.24) is 14.1 Å². The van der Waals surface area contributed by atoms with E-state index in [2.05, 4.69) is 10.3 Å². The predicted octanol–water partition coefficient (Wildman–Crippen LogP) is 3.05. The Bertz CT molecular complexity index is 1340. The Morgan fingerprint density at radius 3 is 2.73 bits per heavy atom. The average Bonchev–Trinajstić information content (AvgIpc) is 2.99. The summed E-state index contributed by atoms with van der Waals surface area (Å²) < 4.78 is 37.1. The number of carbonyl (C=O) groups is 1. The van der Waals surface area contributed by atoms with Gasteiger partial charge in [0.25, 0.3) is 0 Å². The smallest absolute Gasteiger partial charge is 0.328 e. The van der Waals surface area contributed by atoms with E-state index in [9.17, 15) is 18.4 Å². The molecule has 30 heavy (non-hydrogen) atoms. The van der Waals surface area contributed by atoms with Crippen LogP contribution in [0.1, 0.15) is 0 Å². The maximum Gasteiger partial charge on any atom is 0.328 e. The topological polar surface area (TPSA) is 78.2 Å². The fraction of sp³-hybridized carbons (Fsp3) is 0.190. The number of imidazole rings is 1. The van der Waals surface area contributed by atoms with Crippen LogP contribution in [0.3, 0.4) is 0 Å². The Labute approximate surface area is 169 Å². The molecule has 0 aliphatic rings. The normalized spacial score (nSPS) is 11.3. The molecule has 0 unspecified atom stereocenters. The molecule has 1 amide bonds. The van der Waals surface area contributed by atoms with Crippen LogP contribution in [0.4, 0.5) is 14.5 Å². The molecule has 0 atom stereocenters. The number of aryl methyl sites for hydroxylation is 1. The lowest BCUT2D eigenvalue weighted by atomic mass is 10.0. The van der Waals surface area contributed by atoms with E-state index in [0.29, 0.717) is 40.7 Å². The maximum absolute atomic E-state index is 14.7. The number of methoxy groups -OCH3 is 1. The van der Waals surface area contributed by atoms with Crippen LogP contribution >= 0.6 is 0 Å². The summed E-state index contributed by atoms with van der Waals surface area (Å²) in [5.74, 6) is -1.45. The first kappa shape index (κ1) is 19.7. The first-order valence-corrected chi connectivity index (χ1v) is 9.12. The molecule has 0 spiro atoms. The lowest BCUT2D eigenvalue weighted by molar-refractivity contribution is -0.105. The zero-order valence-electron chi connectivity index (χ0n) is 16.3. The number of halogens is 2. The number of hydrogen-bond donors (Lipinski definition) is 1. The number of ether oxygens (including phenoxy) is 1. The molecule has 0 aliphatic heterocycles. The van der Waals surface area contributed by atoms with Gasteiger partial charge in [0.2, 0.25) is 6.41 Å². The molecule has 2 heterocycles. The molecule has 0 aliphatic carbocycles. The largest absolute Gasteiger partial charge is 0.383 e. The first-order chi connectivity index (χ1) is 14.5. The number of hydrogen-bond acceptors (Lipinski definition) is 4.